The molecule has 1 fully saturated rings. The molecule has 0 radical (unpaired) electrons. The maximum atomic E-state index is 13.3. The fourth-order valence-electron chi connectivity index (χ4n) is 4.62. The normalized spacial score (nSPS) is 15.7. The van der Waals surface area contributed by atoms with Gasteiger partial charge in [0.1, 0.15) is 5.60 Å². The number of hydrogen-bond acceptors (Lipinski definition) is 5. The molecule has 4 rings (SSSR count). The van der Waals surface area contributed by atoms with Gasteiger partial charge in [0.2, 0.25) is 0 Å². The Labute approximate surface area is 231 Å². The van der Waals surface area contributed by atoms with Gasteiger partial charge in [-0.1, -0.05) is 46.3 Å². The van der Waals surface area contributed by atoms with E-state index < -0.39 is 11.5 Å². The van der Waals surface area contributed by atoms with Crippen LogP contribution in [0.25, 0.3) is 10.8 Å². The molecule has 2 heterocycles. The lowest BCUT2D eigenvalue weighted by Gasteiger charge is -2.36. The first kappa shape index (κ1) is 27.6. The van der Waals surface area contributed by atoms with Crippen LogP contribution in [0.2, 0.25) is 0 Å². The van der Waals surface area contributed by atoms with E-state index in [2.05, 4.69) is 31.5 Å². The number of rotatable bonds is 6. The lowest BCUT2D eigenvalue weighted by atomic mass is 10.00. The molecular formula is C29H33BrN4O4. The number of amides is 3. The van der Waals surface area contributed by atoms with Crippen molar-refractivity contribution in [2.24, 2.45) is 0 Å². The highest BCUT2D eigenvalue weighted by Crippen LogP contribution is 2.26. The number of anilines is 1. The van der Waals surface area contributed by atoms with E-state index in [4.69, 9.17) is 4.74 Å². The lowest BCUT2D eigenvalue weighted by Crippen LogP contribution is -2.50. The van der Waals surface area contributed by atoms with Gasteiger partial charge in [-0.2, -0.15) is 0 Å². The first-order valence-corrected chi connectivity index (χ1v) is 13.9. The van der Waals surface area contributed by atoms with Crippen molar-refractivity contribution in [3.8, 4) is 0 Å². The van der Waals surface area contributed by atoms with Crippen LogP contribution in [0, 0.1) is 0 Å². The molecule has 1 aliphatic rings. The van der Waals surface area contributed by atoms with Crippen LogP contribution in [0.4, 0.5) is 10.5 Å². The number of likely N-dealkylation sites (tertiary alicyclic amines) is 1. The molecule has 1 saturated heterocycles. The summed E-state index contributed by atoms with van der Waals surface area (Å²) in [5.74, 6) is -0.747. The van der Waals surface area contributed by atoms with Crippen molar-refractivity contribution < 1.29 is 19.1 Å². The SMILES string of the molecule is CC(C)(C)OC(=O)N1CCCCC1CNC(=O)c1ncccc1NC(=O)c1ccc(CBr)c2ccccc12. The van der Waals surface area contributed by atoms with Crippen LogP contribution in [-0.2, 0) is 10.1 Å². The molecular weight excluding hydrogens is 548 g/mol. The lowest BCUT2D eigenvalue weighted by molar-refractivity contribution is 0.00984. The van der Waals surface area contributed by atoms with Crippen molar-refractivity contribution >= 4 is 50.3 Å². The Balaban J connectivity index is 1.48. The number of alkyl halides is 1. The average Bonchev–Trinajstić information content (AvgIpc) is 2.90. The van der Waals surface area contributed by atoms with Gasteiger partial charge in [0, 0.05) is 30.2 Å². The monoisotopic (exact) mass is 580 g/mol. The van der Waals surface area contributed by atoms with Crippen molar-refractivity contribution in [1.29, 1.82) is 0 Å². The van der Waals surface area contributed by atoms with E-state index in [1.165, 1.54) is 6.20 Å². The van der Waals surface area contributed by atoms with Gasteiger partial charge in [-0.05, 0) is 74.6 Å². The van der Waals surface area contributed by atoms with Crippen LogP contribution in [-0.4, -0.2) is 52.5 Å². The summed E-state index contributed by atoms with van der Waals surface area (Å²) in [6.07, 6.45) is 3.76. The van der Waals surface area contributed by atoms with Crippen molar-refractivity contribution in [2.45, 2.75) is 57.0 Å². The highest BCUT2D eigenvalue weighted by atomic mass is 79.9. The number of hydrogen-bond donors (Lipinski definition) is 2. The Morgan fingerprint density at radius 1 is 1.03 bits per heavy atom. The minimum atomic E-state index is -0.594. The van der Waals surface area contributed by atoms with Gasteiger partial charge in [0.25, 0.3) is 11.8 Å². The molecule has 3 amide bonds. The highest BCUT2D eigenvalue weighted by molar-refractivity contribution is 9.08. The molecule has 1 atom stereocenters. The first-order chi connectivity index (χ1) is 18.2. The Morgan fingerprint density at radius 3 is 2.53 bits per heavy atom. The molecule has 2 aromatic carbocycles. The maximum absolute atomic E-state index is 13.3. The maximum Gasteiger partial charge on any atom is 0.410 e. The summed E-state index contributed by atoms with van der Waals surface area (Å²) < 4.78 is 5.56. The Hall–Kier alpha value is -3.46. The zero-order valence-corrected chi connectivity index (χ0v) is 23.5. The molecule has 0 saturated carbocycles. The number of halogens is 1. The molecule has 1 aromatic heterocycles. The molecule has 3 aromatic rings. The van der Waals surface area contributed by atoms with E-state index in [0.29, 0.717) is 23.1 Å². The Kier molecular flexibility index (Phi) is 8.66. The van der Waals surface area contributed by atoms with E-state index in [9.17, 15) is 14.4 Å². The molecule has 0 spiro atoms. The van der Waals surface area contributed by atoms with E-state index in [0.717, 1.165) is 35.6 Å². The highest BCUT2D eigenvalue weighted by Gasteiger charge is 2.31. The molecule has 8 nitrogen and oxygen atoms in total. The zero-order valence-electron chi connectivity index (χ0n) is 21.9. The Bertz CT molecular complexity index is 1340. The number of aromatic nitrogens is 1. The van der Waals surface area contributed by atoms with Crippen molar-refractivity contribution in [1.82, 2.24) is 15.2 Å². The number of ether oxygens (including phenoxy) is 1. The number of carbonyl (C=O) groups is 3. The van der Waals surface area contributed by atoms with E-state index in [1.54, 1.807) is 23.1 Å². The van der Waals surface area contributed by atoms with Gasteiger partial charge in [0.05, 0.1) is 11.7 Å². The van der Waals surface area contributed by atoms with Gasteiger partial charge in [-0.3, -0.25) is 9.59 Å². The largest absolute Gasteiger partial charge is 0.444 e. The van der Waals surface area contributed by atoms with Crippen molar-refractivity contribution in [3.63, 3.8) is 0 Å². The second-order valence-electron chi connectivity index (χ2n) is 10.3. The van der Waals surface area contributed by atoms with Gasteiger partial charge < -0.3 is 20.3 Å². The zero-order chi connectivity index (χ0) is 27.3. The van der Waals surface area contributed by atoms with Gasteiger partial charge in [-0.15, -0.1) is 0 Å². The third kappa shape index (κ3) is 6.51. The minimum absolute atomic E-state index is 0.113. The number of piperidine rings is 1. The average molecular weight is 582 g/mol. The number of fused-ring (bicyclic) bond motifs is 1. The standard InChI is InChI=1S/C29H33BrN4O4/c1-29(2,3)38-28(37)34-16-7-6-9-20(34)18-32-27(36)25-24(12-8-15-31-25)33-26(35)23-14-13-19(17-30)21-10-4-5-11-22(21)23/h4-5,8,10-15,20H,6-7,9,16-18H2,1-3H3,(H,32,36)(H,33,35). The second kappa shape index (κ2) is 11.9. The minimum Gasteiger partial charge on any atom is -0.444 e. The molecule has 1 aliphatic heterocycles. The fourth-order valence-corrected chi connectivity index (χ4v) is 5.11. The van der Waals surface area contributed by atoms with Crippen molar-refractivity contribution in [3.05, 3.63) is 71.5 Å². The summed E-state index contributed by atoms with van der Waals surface area (Å²) >= 11 is 3.51. The summed E-state index contributed by atoms with van der Waals surface area (Å²) in [4.78, 5) is 45.1. The third-order valence-electron chi connectivity index (χ3n) is 6.43. The Morgan fingerprint density at radius 2 is 1.79 bits per heavy atom. The van der Waals surface area contributed by atoms with Gasteiger partial charge in [0.15, 0.2) is 5.69 Å². The number of nitrogens with one attached hydrogen (secondary N) is 2. The van der Waals surface area contributed by atoms with Crippen LogP contribution in [0.3, 0.4) is 0 Å². The van der Waals surface area contributed by atoms with Crippen LogP contribution in [0.15, 0.2) is 54.7 Å². The van der Waals surface area contributed by atoms with Crippen LogP contribution < -0.4 is 10.6 Å². The predicted molar refractivity (Wildman–Crippen MR) is 152 cm³/mol. The molecule has 9 heteroatoms. The van der Waals surface area contributed by atoms with Crippen LogP contribution in [0.1, 0.15) is 66.4 Å². The molecule has 1 unspecified atom stereocenters. The quantitative estimate of drug-likeness (QED) is 0.353. The smallest absolute Gasteiger partial charge is 0.410 e. The molecule has 2 N–H and O–H groups in total. The molecule has 0 aliphatic carbocycles. The van der Waals surface area contributed by atoms with Gasteiger partial charge >= 0.3 is 6.09 Å². The number of nitrogens with zero attached hydrogens (tertiary/aromatic N) is 2. The summed E-state index contributed by atoms with van der Waals surface area (Å²) in [7, 11) is 0. The summed E-state index contributed by atoms with van der Waals surface area (Å²) in [6.45, 7) is 6.35. The molecule has 200 valence electrons. The third-order valence-corrected chi connectivity index (χ3v) is 7.03. The molecule has 38 heavy (non-hydrogen) atoms. The molecule has 0 bridgehead atoms. The topological polar surface area (TPSA) is 101 Å². The summed E-state index contributed by atoms with van der Waals surface area (Å²) in [5, 5.41) is 8.27. The van der Waals surface area contributed by atoms with E-state index in [-0.39, 0.29) is 30.3 Å². The number of benzene rings is 2. The van der Waals surface area contributed by atoms with E-state index in [1.807, 2.05) is 51.1 Å². The fraction of sp³-hybridized carbons (Fsp3) is 0.379. The van der Waals surface area contributed by atoms with Gasteiger partial charge in [-0.25, -0.2) is 9.78 Å². The summed E-state index contributed by atoms with van der Waals surface area (Å²) in [6, 6.07) is 14.6. The van der Waals surface area contributed by atoms with Crippen molar-refractivity contribution in [2.75, 3.05) is 18.4 Å². The van der Waals surface area contributed by atoms with E-state index >= 15 is 0 Å². The second-order valence-corrected chi connectivity index (χ2v) is 10.9. The number of pyridine rings is 1. The first-order valence-electron chi connectivity index (χ1n) is 12.8. The summed E-state index contributed by atoms with van der Waals surface area (Å²) in [5.41, 5.74) is 1.43. The van der Waals surface area contributed by atoms with Crippen LogP contribution >= 0.6 is 15.9 Å². The predicted octanol–water partition coefficient (Wildman–Crippen LogP) is 5.90. The van der Waals surface area contributed by atoms with Crippen LogP contribution in [0.5, 0.6) is 0 Å². The number of carbonyl (C=O) groups excluding carboxylic acids is 3.